The molecule has 0 aliphatic carbocycles. The third-order valence-corrected chi connectivity index (χ3v) is 14.0. The van der Waals surface area contributed by atoms with Gasteiger partial charge in [-0.25, -0.2) is 9.97 Å². The topological polar surface area (TPSA) is 47.8 Å². The van der Waals surface area contributed by atoms with E-state index in [0.29, 0.717) is 5.95 Å². The maximum atomic E-state index is 16.0. The first kappa shape index (κ1) is 30.1. The Morgan fingerprint density at radius 3 is 2.02 bits per heavy atom. The zero-order valence-electron chi connectivity index (χ0n) is 28.5. The van der Waals surface area contributed by atoms with Crippen LogP contribution in [0.15, 0.2) is 182 Å². The van der Waals surface area contributed by atoms with Crippen LogP contribution in [0.4, 0.5) is 0 Å². The average Bonchev–Trinajstić information content (AvgIpc) is 3.70. The largest absolute Gasteiger partial charge is 0.309 e. The van der Waals surface area contributed by atoms with Crippen LogP contribution in [-0.4, -0.2) is 14.5 Å². The van der Waals surface area contributed by atoms with Gasteiger partial charge in [-0.05, 0) is 51.2 Å². The molecular formula is C48H30N3OP. The zero-order chi connectivity index (χ0) is 35.1. The lowest BCUT2D eigenvalue weighted by Gasteiger charge is -2.18. The number of hydrogen-bond acceptors (Lipinski definition) is 3. The molecule has 0 amide bonds. The van der Waals surface area contributed by atoms with Crippen molar-refractivity contribution in [2.45, 2.75) is 0 Å². The summed E-state index contributed by atoms with van der Waals surface area (Å²) in [5.74, 6) is 0.549. The van der Waals surface area contributed by atoms with Crippen LogP contribution in [0, 0.1) is 0 Å². The molecule has 10 aromatic rings. The maximum absolute atomic E-state index is 16.0. The molecule has 0 spiro atoms. The van der Waals surface area contributed by atoms with E-state index in [0.717, 1.165) is 76.6 Å². The van der Waals surface area contributed by atoms with E-state index >= 15 is 4.57 Å². The molecule has 0 N–H and O–H groups in total. The number of aromatic nitrogens is 3. The number of hydrogen-bond donors (Lipinski definition) is 0. The molecule has 1 aliphatic rings. The molecule has 1 unspecified atom stereocenters. The van der Waals surface area contributed by atoms with E-state index in [1.807, 2.05) is 60.7 Å². The van der Waals surface area contributed by atoms with Crippen LogP contribution < -0.4 is 15.9 Å². The van der Waals surface area contributed by atoms with Gasteiger partial charge in [0.05, 0.1) is 27.5 Å². The number of benzene rings is 8. The normalized spacial score (nSPS) is 14.9. The third-order valence-electron chi connectivity index (χ3n) is 10.8. The molecule has 1 atom stereocenters. The van der Waals surface area contributed by atoms with Crippen molar-refractivity contribution < 1.29 is 4.57 Å². The summed E-state index contributed by atoms with van der Waals surface area (Å²) < 4.78 is 18.2. The molecule has 4 nitrogen and oxygen atoms in total. The second kappa shape index (κ2) is 11.4. The SMILES string of the molecule is O=P1(c2ccccc2)c2ccccc2-c2ccc3c4ccccc4n(-c4nc(-c5ccc(-c6ccc7ccccc7c6)cc5)c5ccccc5n4)c3c21. The Labute approximate surface area is 306 Å². The molecule has 0 saturated carbocycles. The van der Waals surface area contributed by atoms with Crippen molar-refractivity contribution in [1.82, 2.24) is 14.5 Å². The minimum absolute atomic E-state index is 0.549. The summed E-state index contributed by atoms with van der Waals surface area (Å²) in [7, 11) is -3.30. The van der Waals surface area contributed by atoms with Gasteiger partial charge < -0.3 is 4.57 Å². The number of para-hydroxylation sites is 2. The fourth-order valence-electron chi connectivity index (χ4n) is 8.36. The Kier molecular flexibility index (Phi) is 6.49. The molecule has 0 fully saturated rings. The molecule has 53 heavy (non-hydrogen) atoms. The van der Waals surface area contributed by atoms with Crippen molar-refractivity contribution >= 4 is 66.5 Å². The quantitative estimate of drug-likeness (QED) is 0.172. The Bertz CT molecular complexity index is 3150. The predicted octanol–water partition coefficient (Wildman–Crippen LogP) is 10.8. The van der Waals surface area contributed by atoms with E-state index in [1.54, 1.807) is 0 Å². The number of rotatable bonds is 4. The highest BCUT2D eigenvalue weighted by Gasteiger charge is 2.43. The summed E-state index contributed by atoms with van der Waals surface area (Å²) in [6.07, 6.45) is 0. The van der Waals surface area contributed by atoms with E-state index in [4.69, 9.17) is 9.97 Å². The highest BCUT2D eigenvalue weighted by atomic mass is 31.2. The standard InChI is InChI=1S/C48H30N3OP/c52-53(36-14-2-1-3-15-36)44-21-11-8-17-38(44)40-29-28-39-37-16-7-10-20-43(37)51(46(39)47(40)53)48-49-42-19-9-6-18-41(42)45(50-48)33-25-22-32(23-26-33)35-27-24-31-12-4-5-13-34(31)30-35/h1-30H. The molecule has 8 aromatic carbocycles. The Hall–Kier alpha value is -6.61. The molecule has 11 rings (SSSR count). The molecule has 3 heterocycles. The van der Waals surface area contributed by atoms with Crippen molar-refractivity contribution in [2.24, 2.45) is 0 Å². The molecule has 0 bridgehead atoms. The molecule has 5 heteroatoms. The van der Waals surface area contributed by atoms with Crippen LogP contribution in [0.1, 0.15) is 0 Å². The molecule has 0 radical (unpaired) electrons. The van der Waals surface area contributed by atoms with Crippen LogP contribution in [0.25, 0.3) is 82.9 Å². The first-order valence-electron chi connectivity index (χ1n) is 17.9. The van der Waals surface area contributed by atoms with E-state index in [-0.39, 0.29) is 0 Å². The van der Waals surface area contributed by atoms with E-state index in [1.165, 1.54) is 16.3 Å². The average molecular weight is 696 g/mol. The molecular weight excluding hydrogens is 666 g/mol. The highest BCUT2D eigenvalue weighted by Crippen LogP contribution is 2.54. The lowest BCUT2D eigenvalue weighted by atomic mass is 9.99. The van der Waals surface area contributed by atoms with Gasteiger partial charge in [0.15, 0.2) is 7.14 Å². The van der Waals surface area contributed by atoms with Gasteiger partial charge in [0, 0.05) is 32.3 Å². The van der Waals surface area contributed by atoms with Gasteiger partial charge in [-0.2, -0.15) is 0 Å². The Morgan fingerprint density at radius 2 is 1.15 bits per heavy atom. The van der Waals surface area contributed by atoms with Gasteiger partial charge in [-0.15, -0.1) is 0 Å². The monoisotopic (exact) mass is 695 g/mol. The zero-order valence-corrected chi connectivity index (χ0v) is 29.4. The third kappa shape index (κ3) is 4.40. The summed E-state index contributed by atoms with van der Waals surface area (Å²) in [6, 6.07) is 62.8. The summed E-state index contributed by atoms with van der Waals surface area (Å²) in [6.45, 7) is 0. The smallest absolute Gasteiger partial charge is 0.235 e. The molecule has 2 aromatic heterocycles. The highest BCUT2D eigenvalue weighted by molar-refractivity contribution is 7.86. The lowest BCUT2D eigenvalue weighted by molar-refractivity contribution is 0.593. The molecule has 0 saturated heterocycles. The second-order valence-corrected chi connectivity index (χ2v) is 16.4. The van der Waals surface area contributed by atoms with Gasteiger partial charge in [0.25, 0.3) is 0 Å². The van der Waals surface area contributed by atoms with Crippen LogP contribution in [-0.2, 0) is 4.57 Å². The van der Waals surface area contributed by atoms with Gasteiger partial charge >= 0.3 is 0 Å². The van der Waals surface area contributed by atoms with Crippen molar-refractivity contribution in [2.75, 3.05) is 0 Å². The van der Waals surface area contributed by atoms with Crippen molar-refractivity contribution in [1.29, 1.82) is 0 Å². The van der Waals surface area contributed by atoms with Crippen LogP contribution >= 0.6 is 7.14 Å². The first-order valence-corrected chi connectivity index (χ1v) is 19.6. The first-order chi connectivity index (χ1) is 26.2. The minimum Gasteiger partial charge on any atom is -0.309 e. The van der Waals surface area contributed by atoms with E-state index in [9.17, 15) is 0 Å². The van der Waals surface area contributed by atoms with Gasteiger partial charge in [0.1, 0.15) is 0 Å². The summed E-state index contributed by atoms with van der Waals surface area (Å²) >= 11 is 0. The van der Waals surface area contributed by atoms with Crippen molar-refractivity contribution in [3.63, 3.8) is 0 Å². The minimum atomic E-state index is -3.30. The Morgan fingerprint density at radius 1 is 0.472 bits per heavy atom. The predicted molar refractivity (Wildman–Crippen MR) is 221 cm³/mol. The number of nitrogens with zero attached hydrogens (tertiary/aromatic N) is 3. The summed E-state index contributed by atoms with van der Waals surface area (Å²) in [5, 5.41) is 8.06. The number of fused-ring (bicyclic) bond motifs is 9. The van der Waals surface area contributed by atoms with Gasteiger partial charge in [-0.1, -0.05) is 164 Å². The van der Waals surface area contributed by atoms with E-state index in [2.05, 4.69) is 126 Å². The van der Waals surface area contributed by atoms with Gasteiger partial charge in [0.2, 0.25) is 5.95 Å². The lowest BCUT2D eigenvalue weighted by Crippen LogP contribution is -2.22. The van der Waals surface area contributed by atoms with Crippen LogP contribution in [0.5, 0.6) is 0 Å². The second-order valence-electron chi connectivity index (χ2n) is 13.7. The van der Waals surface area contributed by atoms with Crippen molar-refractivity contribution in [3.8, 4) is 39.5 Å². The summed E-state index contributed by atoms with van der Waals surface area (Å²) in [4.78, 5) is 10.7. The van der Waals surface area contributed by atoms with Crippen LogP contribution in [0.3, 0.4) is 0 Å². The fraction of sp³-hybridized carbons (Fsp3) is 0. The Balaban J connectivity index is 1.17. The van der Waals surface area contributed by atoms with Crippen molar-refractivity contribution in [3.05, 3.63) is 182 Å². The molecule has 1 aliphatic heterocycles. The fourth-order valence-corrected chi connectivity index (χ4v) is 11.6. The summed E-state index contributed by atoms with van der Waals surface area (Å²) in [5.41, 5.74) is 8.89. The van der Waals surface area contributed by atoms with Gasteiger partial charge in [-0.3, -0.25) is 4.57 Å². The van der Waals surface area contributed by atoms with Crippen LogP contribution in [0.2, 0.25) is 0 Å². The van der Waals surface area contributed by atoms with E-state index < -0.39 is 7.14 Å². The molecule has 248 valence electrons. The maximum Gasteiger partial charge on any atom is 0.235 e.